The van der Waals surface area contributed by atoms with Crippen molar-refractivity contribution in [2.75, 3.05) is 13.6 Å². The average Bonchev–Trinajstić information content (AvgIpc) is 2.60. The number of aromatic nitrogens is 1. The molecule has 2 aromatic rings. The van der Waals surface area contributed by atoms with Crippen molar-refractivity contribution >= 4 is 39.1 Å². The van der Waals surface area contributed by atoms with E-state index in [4.69, 9.17) is 23.2 Å². The Balaban J connectivity index is 2.32. The van der Waals surface area contributed by atoms with Crippen molar-refractivity contribution in [3.05, 3.63) is 57.8 Å². The van der Waals surface area contributed by atoms with Crippen molar-refractivity contribution in [3.63, 3.8) is 0 Å². The van der Waals surface area contributed by atoms with Gasteiger partial charge in [0.1, 0.15) is 4.90 Å². The summed E-state index contributed by atoms with van der Waals surface area (Å²) in [5.74, 6) is -0.293. The van der Waals surface area contributed by atoms with Crippen LogP contribution in [0.25, 0.3) is 0 Å². The van der Waals surface area contributed by atoms with Crippen molar-refractivity contribution in [2.45, 2.75) is 25.3 Å². The topological polar surface area (TPSA) is 79.4 Å². The molecule has 9 heteroatoms. The molecule has 0 saturated carbocycles. The van der Waals surface area contributed by atoms with E-state index < -0.39 is 15.9 Å². The van der Waals surface area contributed by atoms with Crippen LogP contribution in [0.2, 0.25) is 10.0 Å². The lowest BCUT2D eigenvalue weighted by atomic mass is 10.2. The van der Waals surface area contributed by atoms with E-state index in [9.17, 15) is 13.2 Å². The van der Waals surface area contributed by atoms with Gasteiger partial charge < -0.3 is 4.90 Å². The number of sulfonamides is 1. The van der Waals surface area contributed by atoms with E-state index in [1.54, 1.807) is 25.5 Å². The third-order valence-electron chi connectivity index (χ3n) is 3.71. The first kappa shape index (κ1) is 21.6. The first-order chi connectivity index (χ1) is 12.6. The molecule has 1 aromatic heterocycles. The molecule has 0 fully saturated rings. The zero-order valence-electron chi connectivity index (χ0n) is 15.2. The van der Waals surface area contributed by atoms with Gasteiger partial charge >= 0.3 is 0 Å². The van der Waals surface area contributed by atoms with Crippen LogP contribution < -0.4 is 4.72 Å². The quantitative estimate of drug-likeness (QED) is 0.728. The number of carbonyl (C=O) groups excluding carboxylic acids is 1. The van der Waals surface area contributed by atoms with Crippen LogP contribution in [-0.2, 0) is 16.6 Å². The molecular weight excluding hydrogens is 409 g/mol. The zero-order valence-corrected chi connectivity index (χ0v) is 17.6. The van der Waals surface area contributed by atoms with E-state index in [2.05, 4.69) is 9.71 Å². The lowest BCUT2D eigenvalue weighted by molar-refractivity contribution is 0.0785. The van der Waals surface area contributed by atoms with Crippen LogP contribution in [0, 0.1) is 5.92 Å². The molecule has 0 spiro atoms. The summed E-state index contributed by atoms with van der Waals surface area (Å²) in [4.78, 5) is 18.1. The summed E-state index contributed by atoms with van der Waals surface area (Å²) in [6.45, 7) is 4.33. The minimum Gasteiger partial charge on any atom is -0.337 e. The van der Waals surface area contributed by atoms with Crippen molar-refractivity contribution in [2.24, 2.45) is 5.92 Å². The van der Waals surface area contributed by atoms with Gasteiger partial charge in [0, 0.05) is 32.5 Å². The Morgan fingerprint density at radius 2 is 1.96 bits per heavy atom. The SMILES string of the molecule is CC(C)CNS(=O)(=O)c1cc(C(=O)N(C)Cc2cccnc2)c(Cl)cc1Cl. The van der Waals surface area contributed by atoms with Crippen LogP contribution in [0.15, 0.2) is 41.6 Å². The highest BCUT2D eigenvalue weighted by Crippen LogP contribution is 2.29. The second-order valence-corrected chi connectivity index (χ2v) is 9.08. The van der Waals surface area contributed by atoms with Gasteiger partial charge in [0.25, 0.3) is 5.91 Å². The number of benzene rings is 1. The fourth-order valence-corrected chi connectivity index (χ4v) is 4.36. The number of carbonyl (C=O) groups is 1. The van der Waals surface area contributed by atoms with Gasteiger partial charge in [-0.1, -0.05) is 43.1 Å². The van der Waals surface area contributed by atoms with E-state index in [-0.39, 0.29) is 33.0 Å². The van der Waals surface area contributed by atoms with Gasteiger partial charge in [-0.25, -0.2) is 13.1 Å². The maximum Gasteiger partial charge on any atom is 0.255 e. The monoisotopic (exact) mass is 429 g/mol. The van der Waals surface area contributed by atoms with Gasteiger partial charge in [-0.05, 0) is 29.7 Å². The van der Waals surface area contributed by atoms with Crippen LogP contribution in [0.4, 0.5) is 0 Å². The lowest BCUT2D eigenvalue weighted by Crippen LogP contribution is -2.29. The van der Waals surface area contributed by atoms with Crippen molar-refractivity contribution in [1.82, 2.24) is 14.6 Å². The van der Waals surface area contributed by atoms with Crippen LogP contribution in [-0.4, -0.2) is 37.8 Å². The molecule has 1 amide bonds. The summed E-state index contributed by atoms with van der Waals surface area (Å²) >= 11 is 12.2. The molecule has 0 bridgehead atoms. The summed E-state index contributed by atoms with van der Waals surface area (Å²) in [6, 6.07) is 6.10. The van der Waals surface area contributed by atoms with Crippen LogP contribution in [0.5, 0.6) is 0 Å². The number of amides is 1. The van der Waals surface area contributed by atoms with E-state index >= 15 is 0 Å². The minimum atomic E-state index is -3.86. The van der Waals surface area contributed by atoms with E-state index in [0.717, 1.165) is 5.56 Å². The molecule has 27 heavy (non-hydrogen) atoms. The summed E-state index contributed by atoms with van der Waals surface area (Å²) in [5.41, 5.74) is 0.905. The highest BCUT2D eigenvalue weighted by molar-refractivity contribution is 7.89. The maximum atomic E-state index is 12.8. The number of pyridine rings is 1. The second kappa shape index (κ2) is 9.01. The number of halogens is 2. The smallest absolute Gasteiger partial charge is 0.255 e. The number of hydrogen-bond acceptors (Lipinski definition) is 4. The number of hydrogen-bond donors (Lipinski definition) is 1. The van der Waals surface area contributed by atoms with Gasteiger partial charge in [-0.15, -0.1) is 0 Å². The number of rotatable bonds is 7. The average molecular weight is 430 g/mol. The van der Waals surface area contributed by atoms with Crippen molar-refractivity contribution < 1.29 is 13.2 Å². The number of nitrogens with one attached hydrogen (secondary N) is 1. The molecule has 0 radical (unpaired) electrons. The highest BCUT2D eigenvalue weighted by Gasteiger charge is 2.24. The number of nitrogens with zero attached hydrogens (tertiary/aromatic N) is 2. The van der Waals surface area contributed by atoms with Gasteiger partial charge in [-0.3, -0.25) is 9.78 Å². The molecule has 1 heterocycles. The molecule has 146 valence electrons. The third kappa shape index (κ3) is 5.65. The minimum absolute atomic E-state index is 0.0391. The third-order valence-corrected chi connectivity index (χ3v) is 5.91. The lowest BCUT2D eigenvalue weighted by Gasteiger charge is -2.19. The molecule has 0 atom stereocenters. The molecular formula is C18H21Cl2N3O3S. The Bertz CT molecular complexity index is 919. The summed E-state index contributed by atoms with van der Waals surface area (Å²) in [6.07, 6.45) is 3.29. The molecule has 0 saturated heterocycles. The van der Waals surface area contributed by atoms with Crippen LogP contribution in [0.3, 0.4) is 0 Å². The normalized spacial score (nSPS) is 11.6. The van der Waals surface area contributed by atoms with Gasteiger partial charge in [0.05, 0.1) is 15.6 Å². The molecule has 0 unspecified atom stereocenters. The first-order valence-corrected chi connectivity index (χ1v) is 10.5. The van der Waals surface area contributed by atoms with Crippen molar-refractivity contribution in [3.8, 4) is 0 Å². The first-order valence-electron chi connectivity index (χ1n) is 8.25. The molecule has 2 rings (SSSR count). The molecule has 1 N–H and O–H groups in total. The molecule has 1 aromatic carbocycles. The molecule has 6 nitrogen and oxygen atoms in total. The second-order valence-electron chi connectivity index (χ2n) is 6.53. The predicted molar refractivity (Wildman–Crippen MR) is 107 cm³/mol. The largest absolute Gasteiger partial charge is 0.337 e. The van der Waals surface area contributed by atoms with Gasteiger partial charge in [0.15, 0.2) is 0 Å². The standard InChI is InChI=1S/C18H21Cl2N3O3S/c1-12(2)9-22-27(25,26)17-7-14(15(19)8-16(17)20)18(24)23(3)11-13-5-4-6-21-10-13/h4-8,10,12,22H,9,11H2,1-3H3. The Morgan fingerprint density at radius 3 is 2.56 bits per heavy atom. The summed E-state index contributed by atoms with van der Waals surface area (Å²) in [7, 11) is -2.26. The fraction of sp³-hybridized carbons (Fsp3) is 0.333. The summed E-state index contributed by atoms with van der Waals surface area (Å²) in [5, 5.41) is 0.0496. The Hall–Kier alpha value is -1.67. The van der Waals surface area contributed by atoms with E-state index in [0.29, 0.717) is 6.54 Å². The maximum absolute atomic E-state index is 12.8. The predicted octanol–water partition coefficient (Wildman–Crippen LogP) is 3.59. The Labute approximate surface area is 169 Å². The Morgan fingerprint density at radius 1 is 1.26 bits per heavy atom. The van der Waals surface area contributed by atoms with Gasteiger partial charge in [-0.2, -0.15) is 0 Å². The Kier molecular flexibility index (Phi) is 7.22. The van der Waals surface area contributed by atoms with E-state index in [1.807, 2.05) is 19.9 Å². The van der Waals surface area contributed by atoms with Gasteiger partial charge in [0.2, 0.25) is 10.0 Å². The van der Waals surface area contributed by atoms with E-state index in [1.165, 1.54) is 17.0 Å². The fourth-order valence-electron chi connectivity index (χ4n) is 2.30. The molecule has 0 aliphatic carbocycles. The zero-order chi connectivity index (χ0) is 20.2. The molecule has 0 aliphatic rings. The highest BCUT2D eigenvalue weighted by atomic mass is 35.5. The van der Waals surface area contributed by atoms with Crippen LogP contribution >= 0.6 is 23.2 Å². The van der Waals surface area contributed by atoms with Crippen molar-refractivity contribution in [1.29, 1.82) is 0 Å². The summed E-state index contributed by atoms with van der Waals surface area (Å²) < 4.78 is 27.5. The molecule has 0 aliphatic heterocycles. The van der Waals surface area contributed by atoms with Crippen LogP contribution in [0.1, 0.15) is 29.8 Å².